The van der Waals surface area contributed by atoms with Gasteiger partial charge in [-0.25, -0.2) is 4.68 Å². The van der Waals surface area contributed by atoms with Gasteiger partial charge in [-0.15, -0.1) is 5.10 Å². The molecule has 0 aliphatic carbocycles. The molecule has 1 aliphatic rings. The molecule has 1 saturated heterocycles. The number of nitrogens with zero attached hydrogens (tertiary/aromatic N) is 5. The van der Waals surface area contributed by atoms with E-state index in [2.05, 4.69) is 46.4 Å². The first-order chi connectivity index (χ1) is 13.1. The zero-order valence-corrected chi connectivity index (χ0v) is 17.2. The number of aryl methyl sites for hydroxylation is 1. The van der Waals surface area contributed by atoms with Crippen molar-refractivity contribution in [3.8, 4) is 0 Å². The first-order valence-corrected chi connectivity index (χ1v) is 10.1. The molecule has 1 aliphatic heterocycles. The molecule has 1 aromatic heterocycles. The molecule has 0 amide bonds. The van der Waals surface area contributed by atoms with E-state index in [-0.39, 0.29) is 0 Å². The monoisotopic (exact) mass is 393 g/mol. The van der Waals surface area contributed by atoms with Crippen LogP contribution < -0.4 is 9.80 Å². The maximum Gasteiger partial charge on any atom is 0.209 e. The van der Waals surface area contributed by atoms with Gasteiger partial charge in [-0.3, -0.25) is 0 Å². The highest BCUT2D eigenvalue weighted by Crippen LogP contribution is 2.24. The second-order valence-corrected chi connectivity index (χ2v) is 7.61. The molecule has 2 aromatic rings. The molecule has 1 fully saturated rings. The standard InChI is InChI=1S/C19H29ClN6O/c1-4-5-17(19-21-22-23-26(19)12-13-27-3)24-8-10-25(11-9-24)18-14-16(20)7-6-15(18)2/h6-7,14,17H,4-5,8-13H2,1-3H3/p+1/t17-/m0/s1. The molecule has 0 unspecified atom stereocenters. The zero-order valence-electron chi connectivity index (χ0n) is 16.5. The topological polar surface area (TPSA) is 60.5 Å². The maximum absolute atomic E-state index is 6.22. The zero-order chi connectivity index (χ0) is 19.2. The van der Waals surface area contributed by atoms with Crippen molar-refractivity contribution >= 4 is 17.3 Å². The maximum atomic E-state index is 6.22. The lowest BCUT2D eigenvalue weighted by molar-refractivity contribution is -0.933. The Morgan fingerprint density at radius 3 is 2.78 bits per heavy atom. The number of anilines is 1. The number of quaternary nitrogens is 1. The van der Waals surface area contributed by atoms with Gasteiger partial charge in [-0.2, -0.15) is 0 Å². The minimum Gasteiger partial charge on any atom is -0.383 e. The van der Waals surface area contributed by atoms with Crippen molar-refractivity contribution in [1.29, 1.82) is 0 Å². The number of rotatable bonds is 8. The van der Waals surface area contributed by atoms with Gasteiger partial charge < -0.3 is 14.5 Å². The van der Waals surface area contributed by atoms with Crippen molar-refractivity contribution in [2.45, 2.75) is 39.3 Å². The Morgan fingerprint density at radius 2 is 2.07 bits per heavy atom. The van der Waals surface area contributed by atoms with Crippen molar-refractivity contribution in [2.75, 3.05) is 44.8 Å². The number of methoxy groups -OCH3 is 1. The van der Waals surface area contributed by atoms with Crippen LogP contribution in [0.25, 0.3) is 0 Å². The van der Waals surface area contributed by atoms with Crippen LogP contribution in [0.3, 0.4) is 0 Å². The highest BCUT2D eigenvalue weighted by Gasteiger charge is 2.32. The average molecular weight is 394 g/mol. The molecule has 0 bridgehead atoms. The summed E-state index contributed by atoms with van der Waals surface area (Å²) in [5, 5.41) is 13.3. The van der Waals surface area contributed by atoms with E-state index in [1.165, 1.54) is 11.3 Å². The highest BCUT2D eigenvalue weighted by molar-refractivity contribution is 6.30. The molecule has 1 N–H and O–H groups in total. The number of aromatic nitrogens is 4. The van der Waals surface area contributed by atoms with Gasteiger partial charge in [-0.05, 0) is 35.0 Å². The Hall–Kier alpha value is -1.70. The third-order valence-corrected chi connectivity index (χ3v) is 5.60. The fourth-order valence-corrected chi connectivity index (χ4v) is 4.08. The predicted octanol–water partition coefficient (Wildman–Crippen LogP) is 1.53. The summed E-state index contributed by atoms with van der Waals surface area (Å²) >= 11 is 6.22. The summed E-state index contributed by atoms with van der Waals surface area (Å²) in [7, 11) is 1.70. The van der Waals surface area contributed by atoms with Gasteiger partial charge in [-0.1, -0.05) is 31.0 Å². The smallest absolute Gasteiger partial charge is 0.209 e. The van der Waals surface area contributed by atoms with E-state index >= 15 is 0 Å². The van der Waals surface area contributed by atoms with Gasteiger partial charge in [0.1, 0.15) is 6.04 Å². The molecule has 0 saturated carbocycles. The number of hydrogen-bond donors (Lipinski definition) is 1. The van der Waals surface area contributed by atoms with Gasteiger partial charge in [0.05, 0.1) is 39.3 Å². The minimum absolute atomic E-state index is 0.324. The Balaban J connectivity index is 1.70. The van der Waals surface area contributed by atoms with Crippen molar-refractivity contribution < 1.29 is 9.64 Å². The fraction of sp³-hybridized carbons (Fsp3) is 0.632. The lowest BCUT2D eigenvalue weighted by atomic mass is 10.1. The van der Waals surface area contributed by atoms with E-state index in [0.29, 0.717) is 19.2 Å². The van der Waals surface area contributed by atoms with Crippen LogP contribution in [0.15, 0.2) is 18.2 Å². The van der Waals surface area contributed by atoms with E-state index in [9.17, 15) is 0 Å². The van der Waals surface area contributed by atoms with E-state index in [0.717, 1.165) is 49.9 Å². The number of piperazine rings is 1. The summed E-state index contributed by atoms with van der Waals surface area (Å²) < 4.78 is 7.11. The third kappa shape index (κ3) is 4.78. The Kier molecular flexibility index (Phi) is 7.04. The first-order valence-electron chi connectivity index (χ1n) is 9.74. The summed E-state index contributed by atoms with van der Waals surface area (Å²) in [5.74, 6) is 0.983. The van der Waals surface area contributed by atoms with Gasteiger partial charge >= 0.3 is 0 Å². The summed E-state index contributed by atoms with van der Waals surface area (Å²) in [6.45, 7) is 9.83. The SMILES string of the molecule is CCC[C@@H](c1nnnn1CCOC)[NH+]1CCN(c2cc(Cl)ccc2C)CC1. The second kappa shape index (κ2) is 9.48. The number of benzene rings is 1. The average Bonchev–Trinajstić information content (AvgIpc) is 3.15. The lowest BCUT2D eigenvalue weighted by Crippen LogP contribution is -3.15. The third-order valence-electron chi connectivity index (χ3n) is 5.37. The molecule has 1 aromatic carbocycles. The molecule has 0 spiro atoms. The van der Waals surface area contributed by atoms with E-state index in [4.69, 9.17) is 16.3 Å². The molecular weight excluding hydrogens is 364 g/mol. The van der Waals surface area contributed by atoms with Gasteiger partial charge in [0, 0.05) is 24.2 Å². The van der Waals surface area contributed by atoms with Crippen molar-refractivity contribution in [3.63, 3.8) is 0 Å². The van der Waals surface area contributed by atoms with E-state index in [1.807, 2.05) is 10.7 Å². The molecule has 3 rings (SSSR count). The van der Waals surface area contributed by atoms with Crippen molar-refractivity contribution in [1.82, 2.24) is 20.2 Å². The number of hydrogen-bond acceptors (Lipinski definition) is 5. The molecule has 7 nitrogen and oxygen atoms in total. The minimum atomic E-state index is 0.324. The van der Waals surface area contributed by atoms with Crippen LogP contribution in [0.5, 0.6) is 0 Å². The van der Waals surface area contributed by atoms with Crippen molar-refractivity contribution in [3.05, 3.63) is 34.6 Å². The molecule has 2 heterocycles. The number of tetrazole rings is 1. The molecule has 1 atom stereocenters. The van der Waals surface area contributed by atoms with Gasteiger partial charge in [0.25, 0.3) is 0 Å². The Labute approximate surface area is 166 Å². The number of ether oxygens (including phenoxy) is 1. The van der Waals surface area contributed by atoms with Gasteiger partial charge in [0.15, 0.2) is 0 Å². The van der Waals surface area contributed by atoms with Crippen LogP contribution in [-0.2, 0) is 11.3 Å². The van der Waals surface area contributed by atoms with Crippen molar-refractivity contribution in [2.24, 2.45) is 0 Å². The largest absolute Gasteiger partial charge is 0.383 e. The molecular formula is C19H30ClN6O+. The van der Waals surface area contributed by atoms with Crippen LogP contribution in [0.2, 0.25) is 5.02 Å². The summed E-state index contributed by atoms with van der Waals surface area (Å²) in [5.41, 5.74) is 2.52. The Bertz CT molecular complexity index is 729. The summed E-state index contributed by atoms with van der Waals surface area (Å²) in [4.78, 5) is 4.00. The number of nitrogens with one attached hydrogen (secondary N) is 1. The molecule has 148 valence electrons. The van der Waals surface area contributed by atoms with Crippen LogP contribution in [0.1, 0.15) is 37.2 Å². The normalized spacial score (nSPS) is 16.7. The van der Waals surface area contributed by atoms with E-state index < -0.39 is 0 Å². The molecule has 27 heavy (non-hydrogen) atoms. The second-order valence-electron chi connectivity index (χ2n) is 7.17. The summed E-state index contributed by atoms with van der Waals surface area (Å²) in [6, 6.07) is 6.46. The first kappa shape index (κ1) is 20.0. The highest BCUT2D eigenvalue weighted by atomic mass is 35.5. The van der Waals surface area contributed by atoms with Crippen LogP contribution >= 0.6 is 11.6 Å². The fourth-order valence-electron chi connectivity index (χ4n) is 3.91. The van der Waals surface area contributed by atoms with Crippen LogP contribution in [0.4, 0.5) is 5.69 Å². The molecule has 0 radical (unpaired) electrons. The van der Waals surface area contributed by atoms with Crippen LogP contribution in [-0.4, -0.2) is 60.1 Å². The summed E-state index contributed by atoms with van der Waals surface area (Å²) in [6.07, 6.45) is 2.20. The van der Waals surface area contributed by atoms with Crippen LogP contribution in [0, 0.1) is 6.92 Å². The molecule has 8 heteroatoms. The van der Waals surface area contributed by atoms with Gasteiger partial charge in [0.2, 0.25) is 5.82 Å². The van der Waals surface area contributed by atoms with E-state index in [1.54, 1.807) is 12.0 Å². The predicted molar refractivity (Wildman–Crippen MR) is 106 cm³/mol. The Morgan fingerprint density at radius 1 is 1.30 bits per heavy atom. The lowest BCUT2D eigenvalue weighted by Gasteiger charge is -2.37. The quantitative estimate of drug-likeness (QED) is 0.737. The number of halogens is 1.